The molecule has 0 radical (unpaired) electrons. The molecule has 9 heteroatoms. The number of halogens is 1. The third-order valence-corrected chi connectivity index (χ3v) is 3.56. The van der Waals surface area contributed by atoms with Crippen LogP contribution < -0.4 is 10.6 Å². The highest BCUT2D eigenvalue weighted by Crippen LogP contribution is 2.10. The fraction of sp³-hybridized carbons (Fsp3) is 0.538. The van der Waals surface area contributed by atoms with Gasteiger partial charge in [-0.05, 0) is 20.8 Å². The SMILES string of the molecule is CCNC(=NCc1nc(C)no1)NCCc1ncc(C)s1.I. The molecule has 0 bridgehead atoms. The maximum Gasteiger partial charge on any atom is 0.248 e. The molecule has 2 N–H and O–H groups in total. The molecule has 0 saturated heterocycles. The number of aryl methyl sites for hydroxylation is 2. The molecular weight excluding hydrogens is 415 g/mol. The first-order chi connectivity index (χ1) is 10.2. The zero-order valence-electron chi connectivity index (χ0n) is 12.9. The molecule has 0 fully saturated rings. The highest BCUT2D eigenvalue weighted by atomic mass is 127. The first-order valence-corrected chi connectivity index (χ1v) is 7.71. The van der Waals surface area contributed by atoms with Crippen molar-refractivity contribution in [2.24, 2.45) is 4.99 Å². The Morgan fingerprint density at radius 3 is 2.77 bits per heavy atom. The molecule has 22 heavy (non-hydrogen) atoms. The lowest BCUT2D eigenvalue weighted by atomic mass is 10.4. The van der Waals surface area contributed by atoms with Crippen molar-refractivity contribution < 1.29 is 4.52 Å². The van der Waals surface area contributed by atoms with E-state index in [0.717, 1.165) is 30.5 Å². The highest BCUT2D eigenvalue weighted by Gasteiger charge is 2.04. The van der Waals surface area contributed by atoms with Crippen molar-refractivity contribution in [3.8, 4) is 0 Å². The van der Waals surface area contributed by atoms with Gasteiger partial charge in [0.15, 0.2) is 11.8 Å². The smallest absolute Gasteiger partial charge is 0.248 e. The maximum absolute atomic E-state index is 5.04. The van der Waals surface area contributed by atoms with Gasteiger partial charge < -0.3 is 15.2 Å². The van der Waals surface area contributed by atoms with Crippen LogP contribution in [0.4, 0.5) is 0 Å². The van der Waals surface area contributed by atoms with E-state index in [-0.39, 0.29) is 24.0 Å². The molecule has 0 saturated carbocycles. The van der Waals surface area contributed by atoms with E-state index in [4.69, 9.17) is 4.52 Å². The Bertz CT molecular complexity index is 597. The molecule has 0 atom stereocenters. The van der Waals surface area contributed by atoms with Gasteiger partial charge in [0.05, 0.1) is 5.01 Å². The molecule has 0 unspecified atom stereocenters. The van der Waals surface area contributed by atoms with Crippen LogP contribution in [0.25, 0.3) is 0 Å². The Morgan fingerprint density at radius 1 is 1.36 bits per heavy atom. The van der Waals surface area contributed by atoms with Crippen LogP contribution in [-0.4, -0.2) is 34.2 Å². The highest BCUT2D eigenvalue weighted by molar-refractivity contribution is 14.0. The van der Waals surface area contributed by atoms with Crippen LogP contribution >= 0.6 is 35.3 Å². The minimum Gasteiger partial charge on any atom is -0.357 e. The molecule has 0 spiro atoms. The van der Waals surface area contributed by atoms with Gasteiger partial charge in [0.25, 0.3) is 0 Å². The second kappa shape index (κ2) is 9.72. The predicted octanol–water partition coefficient (Wildman–Crippen LogP) is 2.06. The lowest BCUT2D eigenvalue weighted by molar-refractivity contribution is 0.376. The van der Waals surface area contributed by atoms with Crippen LogP contribution in [-0.2, 0) is 13.0 Å². The standard InChI is InChI=1S/C13H20N6OS.HI/c1-4-14-13(17-8-11-18-10(3)19-20-11)15-6-5-12-16-7-9(2)21-12;/h7H,4-6,8H2,1-3H3,(H2,14,15,17);1H. The third kappa shape index (κ3) is 6.26. The predicted molar refractivity (Wildman–Crippen MR) is 97.8 cm³/mol. The van der Waals surface area contributed by atoms with Crippen LogP contribution in [0.5, 0.6) is 0 Å². The molecule has 0 aliphatic heterocycles. The summed E-state index contributed by atoms with van der Waals surface area (Å²) < 4.78 is 5.04. The zero-order chi connectivity index (χ0) is 15.1. The molecule has 0 aliphatic rings. The van der Waals surface area contributed by atoms with E-state index in [2.05, 4.69) is 37.7 Å². The van der Waals surface area contributed by atoms with E-state index >= 15 is 0 Å². The van der Waals surface area contributed by atoms with Gasteiger partial charge in [-0.15, -0.1) is 35.3 Å². The number of thiazole rings is 1. The summed E-state index contributed by atoms with van der Waals surface area (Å²) >= 11 is 1.72. The van der Waals surface area contributed by atoms with Gasteiger partial charge in [0.2, 0.25) is 5.89 Å². The van der Waals surface area contributed by atoms with E-state index < -0.39 is 0 Å². The van der Waals surface area contributed by atoms with Crippen LogP contribution in [0.2, 0.25) is 0 Å². The minimum absolute atomic E-state index is 0. The van der Waals surface area contributed by atoms with Gasteiger partial charge in [-0.1, -0.05) is 5.16 Å². The fourth-order valence-electron chi connectivity index (χ4n) is 1.70. The van der Waals surface area contributed by atoms with Gasteiger partial charge >= 0.3 is 0 Å². The summed E-state index contributed by atoms with van der Waals surface area (Å²) in [6, 6.07) is 0. The molecule has 2 aromatic heterocycles. The van der Waals surface area contributed by atoms with Gasteiger partial charge in [-0.25, -0.2) is 9.98 Å². The number of guanidine groups is 1. The van der Waals surface area contributed by atoms with E-state index in [1.54, 1.807) is 18.3 Å². The second-order valence-electron chi connectivity index (χ2n) is 4.47. The van der Waals surface area contributed by atoms with E-state index in [0.29, 0.717) is 18.3 Å². The van der Waals surface area contributed by atoms with E-state index in [9.17, 15) is 0 Å². The van der Waals surface area contributed by atoms with Crippen molar-refractivity contribution in [3.05, 3.63) is 27.8 Å². The first-order valence-electron chi connectivity index (χ1n) is 6.90. The molecule has 2 aromatic rings. The van der Waals surface area contributed by atoms with Gasteiger partial charge in [-0.3, -0.25) is 0 Å². The number of nitrogens with one attached hydrogen (secondary N) is 2. The fourth-order valence-corrected chi connectivity index (χ4v) is 2.48. The lowest BCUT2D eigenvalue weighted by Gasteiger charge is -2.09. The quantitative estimate of drug-likeness (QED) is 0.410. The largest absolute Gasteiger partial charge is 0.357 e. The van der Waals surface area contributed by atoms with Crippen molar-refractivity contribution in [3.63, 3.8) is 0 Å². The summed E-state index contributed by atoms with van der Waals surface area (Å²) in [4.78, 5) is 14.1. The number of aliphatic imine (C=N–C) groups is 1. The molecule has 122 valence electrons. The van der Waals surface area contributed by atoms with Crippen LogP contribution in [0, 0.1) is 13.8 Å². The molecule has 2 heterocycles. The second-order valence-corrected chi connectivity index (χ2v) is 5.79. The Balaban J connectivity index is 0.00000242. The topological polar surface area (TPSA) is 88.2 Å². The van der Waals surface area contributed by atoms with Crippen molar-refractivity contribution in [1.82, 2.24) is 25.8 Å². The summed E-state index contributed by atoms with van der Waals surface area (Å²) in [5, 5.41) is 11.3. The molecule has 2 rings (SSSR count). The van der Waals surface area contributed by atoms with E-state index in [1.165, 1.54) is 4.88 Å². The van der Waals surface area contributed by atoms with Gasteiger partial charge in [-0.2, -0.15) is 4.98 Å². The van der Waals surface area contributed by atoms with Crippen LogP contribution in [0.15, 0.2) is 15.7 Å². The molecule has 7 nitrogen and oxygen atoms in total. The summed E-state index contributed by atoms with van der Waals surface area (Å²) in [6.45, 7) is 7.82. The van der Waals surface area contributed by atoms with Crippen LogP contribution in [0.1, 0.15) is 28.5 Å². The number of hydrogen-bond acceptors (Lipinski definition) is 6. The summed E-state index contributed by atoms with van der Waals surface area (Å²) in [5.74, 6) is 1.87. The Labute approximate surface area is 151 Å². The Kier molecular flexibility index (Phi) is 8.31. The van der Waals surface area contributed by atoms with E-state index in [1.807, 2.05) is 13.1 Å². The summed E-state index contributed by atoms with van der Waals surface area (Å²) in [6.07, 6.45) is 2.78. The molecule has 0 aliphatic carbocycles. The van der Waals surface area contributed by atoms with Crippen molar-refractivity contribution in [2.45, 2.75) is 33.7 Å². The molecule has 0 amide bonds. The number of nitrogens with zero attached hydrogens (tertiary/aromatic N) is 4. The monoisotopic (exact) mass is 436 g/mol. The number of rotatable bonds is 6. The van der Waals surface area contributed by atoms with Crippen molar-refractivity contribution in [1.29, 1.82) is 0 Å². The van der Waals surface area contributed by atoms with Crippen LogP contribution in [0.3, 0.4) is 0 Å². The Morgan fingerprint density at radius 2 is 2.18 bits per heavy atom. The average molecular weight is 436 g/mol. The summed E-state index contributed by atoms with van der Waals surface area (Å²) in [7, 11) is 0. The zero-order valence-corrected chi connectivity index (χ0v) is 16.1. The first kappa shape index (κ1) is 18.8. The average Bonchev–Trinajstić information content (AvgIpc) is 3.05. The molecule has 0 aromatic carbocycles. The van der Waals surface area contributed by atoms with Crippen molar-refractivity contribution >= 4 is 41.3 Å². The van der Waals surface area contributed by atoms with Gasteiger partial charge in [0, 0.05) is 30.6 Å². The normalized spacial score (nSPS) is 11.1. The lowest BCUT2D eigenvalue weighted by Crippen LogP contribution is -2.38. The maximum atomic E-state index is 5.04. The number of hydrogen-bond donors (Lipinski definition) is 2. The number of aromatic nitrogens is 3. The minimum atomic E-state index is 0. The third-order valence-electron chi connectivity index (χ3n) is 2.59. The summed E-state index contributed by atoms with van der Waals surface area (Å²) in [5.41, 5.74) is 0. The Hall–Kier alpha value is -1.23. The molecular formula is C13H21IN6OS. The van der Waals surface area contributed by atoms with Crippen molar-refractivity contribution in [2.75, 3.05) is 13.1 Å². The van der Waals surface area contributed by atoms with Gasteiger partial charge in [0.1, 0.15) is 6.54 Å².